The maximum Gasteiger partial charge on any atom is 0.268 e. The number of rotatable bonds is 7. The Kier molecular flexibility index (Phi) is 6.49. The molecule has 0 N–H and O–H groups in total. The molecular formula is C25H31N3O2S. The SMILES string of the molecule is CCCCCCSc1nc2nc3c(cc2c(=O)n1-c1ccc(C)cc1)COC(C)(C)C3. The van der Waals surface area contributed by atoms with Crippen LogP contribution in [0.2, 0.25) is 0 Å². The summed E-state index contributed by atoms with van der Waals surface area (Å²) in [5.74, 6) is 0.940. The van der Waals surface area contributed by atoms with E-state index >= 15 is 0 Å². The maximum atomic E-state index is 13.6. The topological polar surface area (TPSA) is 57.0 Å². The first-order valence-corrected chi connectivity index (χ1v) is 12.2. The summed E-state index contributed by atoms with van der Waals surface area (Å²) in [6, 6.07) is 9.97. The van der Waals surface area contributed by atoms with Gasteiger partial charge in [0.25, 0.3) is 5.56 Å². The van der Waals surface area contributed by atoms with Gasteiger partial charge in [-0.3, -0.25) is 9.36 Å². The molecule has 0 amide bonds. The van der Waals surface area contributed by atoms with Gasteiger partial charge in [0.2, 0.25) is 0 Å². The molecule has 0 atom stereocenters. The summed E-state index contributed by atoms with van der Waals surface area (Å²) in [4.78, 5) is 23.3. The van der Waals surface area contributed by atoms with Crippen molar-refractivity contribution in [2.75, 3.05) is 5.75 Å². The van der Waals surface area contributed by atoms with Crippen LogP contribution in [0.1, 0.15) is 63.3 Å². The molecule has 164 valence electrons. The van der Waals surface area contributed by atoms with E-state index in [1.165, 1.54) is 19.3 Å². The van der Waals surface area contributed by atoms with Gasteiger partial charge in [-0.05, 0) is 45.4 Å². The number of pyridine rings is 1. The van der Waals surface area contributed by atoms with E-state index in [4.69, 9.17) is 14.7 Å². The molecule has 0 saturated carbocycles. The van der Waals surface area contributed by atoms with E-state index in [0.29, 0.717) is 17.6 Å². The first-order valence-electron chi connectivity index (χ1n) is 11.2. The number of ether oxygens (including phenoxy) is 1. The number of nitrogens with zero attached hydrogens (tertiary/aromatic N) is 3. The lowest BCUT2D eigenvalue weighted by atomic mass is 9.95. The zero-order valence-corrected chi connectivity index (χ0v) is 19.7. The Bertz CT molecular complexity index is 1140. The van der Waals surface area contributed by atoms with Crippen LogP contribution in [0.15, 0.2) is 40.3 Å². The van der Waals surface area contributed by atoms with Crippen LogP contribution in [-0.4, -0.2) is 25.9 Å². The summed E-state index contributed by atoms with van der Waals surface area (Å²) in [6.07, 6.45) is 5.49. The molecule has 1 aliphatic rings. The maximum absolute atomic E-state index is 13.6. The molecule has 0 spiro atoms. The fourth-order valence-electron chi connectivity index (χ4n) is 3.89. The molecule has 1 aliphatic heterocycles. The summed E-state index contributed by atoms with van der Waals surface area (Å²) in [5, 5.41) is 1.27. The Morgan fingerprint density at radius 3 is 2.65 bits per heavy atom. The van der Waals surface area contributed by atoms with Crippen LogP contribution in [0.25, 0.3) is 16.7 Å². The minimum atomic E-state index is -0.249. The van der Waals surface area contributed by atoms with Crippen LogP contribution < -0.4 is 5.56 Å². The number of aromatic nitrogens is 3. The van der Waals surface area contributed by atoms with E-state index in [1.54, 1.807) is 16.3 Å². The normalized spacial score (nSPS) is 15.2. The summed E-state index contributed by atoms with van der Waals surface area (Å²) >= 11 is 1.65. The number of hydrogen-bond donors (Lipinski definition) is 0. The third-order valence-electron chi connectivity index (χ3n) is 5.73. The fourth-order valence-corrected chi connectivity index (χ4v) is 4.89. The molecule has 4 rings (SSSR count). The van der Waals surface area contributed by atoms with Gasteiger partial charge in [-0.1, -0.05) is 55.6 Å². The number of hydrogen-bond acceptors (Lipinski definition) is 5. The van der Waals surface area contributed by atoms with Gasteiger partial charge in [-0.2, -0.15) is 0 Å². The summed E-state index contributed by atoms with van der Waals surface area (Å²) < 4.78 is 7.69. The third-order valence-corrected chi connectivity index (χ3v) is 6.75. The van der Waals surface area contributed by atoms with E-state index in [1.807, 2.05) is 37.3 Å². The highest BCUT2D eigenvalue weighted by Gasteiger charge is 2.28. The van der Waals surface area contributed by atoms with Crippen molar-refractivity contribution in [3.63, 3.8) is 0 Å². The standard InChI is InChI=1S/C25H31N3O2S/c1-5-6-7-8-13-31-24-27-22-20(14-18-16-30-25(3,4)15-21(18)26-22)23(29)28(24)19-11-9-17(2)10-12-19/h9-12,14H,5-8,13,15-16H2,1-4H3. The molecule has 2 aromatic heterocycles. The fraction of sp³-hybridized carbons (Fsp3) is 0.480. The minimum absolute atomic E-state index is 0.0648. The summed E-state index contributed by atoms with van der Waals surface area (Å²) in [5.41, 5.74) is 4.21. The average molecular weight is 438 g/mol. The lowest BCUT2D eigenvalue weighted by molar-refractivity contribution is -0.0411. The van der Waals surface area contributed by atoms with Crippen LogP contribution >= 0.6 is 11.8 Å². The Morgan fingerprint density at radius 2 is 1.90 bits per heavy atom. The van der Waals surface area contributed by atoms with Gasteiger partial charge < -0.3 is 4.74 Å². The molecule has 5 nitrogen and oxygen atoms in total. The van der Waals surface area contributed by atoms with Crippen LogP contribution in [0.4, 0.5) is 0 Å². The van der Waals surface area contributed by atoms with Gasteiger partial charge in [-0.15, -0.1) is 0 Å². The van der Waals surface area contributed by atoms with Crippen LogP contribution in [0, 0.1) is 6.92 Å². The van der Waals surface area contributed by atoms with Crippen molar-refractivity contribution < 1.29 is 4.74 Å². The number of fused-ring (bicyclic) bond motifs is 2. The zero-order chi connectivity index (χ0) is 22.0. The Morgan fingerprint density at radius 1 is 1.13 bits per heavy atom. The van der Waals surface area contributed by atoms with E-state index < -0.39 is 0 Å². The molecule has 0 unspecified atom stereocenters. The van der Waals surface area contributed by atoms with Gasteiger partial charge >= 0.3 is 0 Å². The number of aryl methyl sites for hydroxylation is 1. The lowest BCUT2D eigenvalue weighted by Crippen LogP contribution is -2.33. The first kappa shape index (κ1) is 22.0. The Labute approximate surface area is 188 Å². The largest absolute Gasteiger partial charge is 0.370 e. The van der Waals surface area contributed by atoms with Crippen molar-refractivity contribution >= 4 is 22.8 Å². The molecule has 1 aromatic carbocycles. The second-order valence-corrected chi connectivity index (χ2v) is 10.0. The van der Waals surface area contributed by atoms with Crippen molar-refractivity contribution in [2.45, 2.75) is 77.2 Å². The monoisotopic (exact) mass is 437 g/mol. The second kappa shape index (κ2) is 9.13. The minimum Gasteiger partial charge on any atom is -0.370 e. The second-order valence-electron chi connectivity index (χ2n) is 8.97. The highest BCUT2D eigenvalue weighted by molar-refractivity contribution is 7.99. The molecule has 31 heavy (non-hydrogen) atoms. The van der Waals surface area contributed by atoms with Gasteiger partial charge in [-0.25, -0.2) is 9.97 Å². The van der Waals surface area contributed by atoms with Gasteiger partial charge in [0, 0.05) is 17.7 Å². The molecule has 6 heteroatoms. The van der Waals surface area contributed by atoms with Gasteiger partial charge in [0.1, 0.15) is 0 Å². The van der Waals surface area contributed by atoms with Crippen LogP contribution in [0.3, 0.4) is 0 Å². The Hall–Kier alpha value is -2.18. The average Bonchev–Trinajstić information content (AvgIpc) is 2.73. The van der Waals surface area contributed by atoms with Crippen LogP contribution in [-0.2, 0) is 17.8 Å². The summed E-state index contributed by atoms with van der Waals surface area (Å²) in [7, 11) is 0. The van der Waals surface area contributed by atoms with Crippen molar-refractivity contribution in [3.05, 3.63) is 57.5 Å². The quantitative estimate of drug-likeness (QED) is 0.273. The van der Waals surface area contributed by atoms with Crippen LogP contribution in [0.5, 0.6) is 0 Å². The molecule has 3 heterocycles. The lowest BCUT2D eigenvalue weighted by Gasteiger charge is -2.31. The molecule has 0 radical (unpaired) electrons. The van der Waals surface area contributed by atoms with Crippen molar-refractivity contribution in [1.82, 2.24) is 14.5 Å². The predicted octanol–water partition coefficient (Wildman–Crippen LogP) is 5.61. The number of benzene rings is 1. The molecular weight excluding hydrogens is 406 g/mol. The van der Waals surface area contributed by atoms with E-state index in [9.17, 15) is 4.79 Å². The molecule has 0 fully saturated rings. The molecule has 0 aliphatic carbocycles. The predicted molar refractivity (Wildman–Crippen MR) is 127 cm³/mol. The number of unbranched alkanes of at least 4 members (excludes halogenated alkanes) is 3. The van der Waals surface area contributed by atoms with Crippen molar-refractivity contribution in [3.8, 4) is 5.69 Å². The smallest absolute Gasteiger partial charge is 0.268 e. The summed E-state index contributed by atoms with van der Waals surface area (Å²) in [6.45, 7) is 8.88. The third kappa shape index (κ3) is 4.85. The molecule has 3 aromatic rings. The molecule has 0 bridgehead atoms. The highest BCUT2D eigenvalue weighted by Crippen LogP contribution is 2.29. The first-order chi connectivity index (χ1) is 14.9. The van der Waals surface area contributed by atoms with E-state index in [-0.39, 0.29) is 11.2 Å². The number of thioether (sulfide) groups is 1. The van der Waals surface area contributed by atoms with Gasteiger partial charge in [0.05, 0.1) is 29.0 Å². The Balaban J connectivity index is 1.80. The van der Waals surface area contributed by atoms with Crippen molar-refractivity contribution in [2.24, 2.45) is 0 Å². The highest BCUT2D eigenvalue weighted by atomic mass is 32.2. The van der Waals surface area contributed by atoms with Crippen molar-refractivity contribution in [1.29, 1.82) is 0 Å². The molecule has 0 saturated heterocycles. The zero-order valence-electron chi connectivity index (χ0n) is 18.9. The van der Waals surface area contributed by atoms with E-state index in [2.05, 4.69) is 20.8 Å². The van der Waals surface area contributed by atoms with Gasteiger partial charge in [0.15, 0.2) is 10.8 Å². The van der Waals surface area contributed by atoms with E-state index in [0.717, 1.165) is 46.3 Å².